The monoisotopic (exact) mass is 287 g/mol. The maximum Gasteiger partial charge on any atom is 0.307 e. The van der Waals surface area contributed by atoms with Crippen LogP contribution >= 0.6 is 0 Å². The molecule has 21 heavy (non-hydrogen) atoms. The first-order valence-corrected chi connectivity index (χ1v) is 6.38. The maximum absolute atomic E-state index is 13.0. The Bertz CT molecular complexity index is 653. The highest BCUT2D eigenvalue weighted by Gasteiger charge is 2.06. The number of carbonyl (C=O) groups is 2. The van der Waals surface area contributed by atoms with Gasteiger partial charge in [0.15, 0.2) is 0 Å². The van der Waals surface area contributed by atoms with Crippen molar-refractivity contribution in [3.05, 3.63) is 65.5 Å². The highest BCUT2D eigenvalue weighted by molar-refractivity contribution is 5.92. The van der Waals surface area contributed by atoms with Gasteiger partial charge in [-0.15, -0.1) is 0 Å². The van der Waals surface area contributed by atoms with Crippen LogP contribution in [0.15, 0.2) is 48.5 Å². The minimum absolute atomic E-state index is 0.0580. The molecular formula is C16H14FNO3. The first-order chi connectivity index (χ1) is 10.0. The molecule has 0 saturated carbocycles. The van der Waals surface area contributed by atoms with Gasteiger partial charge in [0.05, 0.1) is 12.8 Å². The van der Waals surface area contributed by atoms with Gasteiger partial charge in [0.1, 0.15) is 5.82 Å². The molecule has 5 heteroatoms. The SMILES string of the molecule is O=C(O)Cc1ccc(NC(=O)Cc2cccc(F)c2)cc1. The minimum Gasteiger partial charge on any atom is -0.481 e. The Morgan fingerprint density at radius 2 is 1.71 bits per heavy atom. The highest BCUT2D eigenvalue weighted by atomic mass is 19.1. The molecule has 4 nitrogen and oxygen atoms in total. The van der Waals surface area contributed by atoms with Crippen molar-refractivity contribution in [1.29, 1.82) is 0 Å². The topological polar surface area (TPSA) is 66.4 Å². The Kier molecular flexibility index (Phi) is 4.66. The standard InChI is InChI=1S/C16H14FNO3/c17-13-3-1-2-12(8-13)9-15(19)18-14-6-4-11(5-7-14)10-16(20)21/h1-8H,9-10H2,(H,18,19)(H,20,21). The lowest BCUT2D eigenvalue weighted by molar-refractivity contribution is -0.136. The van der Waals surface area contributed by atoms with E-state index in [4.69, 9.17) is 5.11 Å². The van der Waals surface area contributed by atoms with E-state index in [2.05, 4.69) is 5.32 Å². The van der Waals surface area contributed by atoms with E-state index in [1.54, 1.807) is 36.4 Å². The van der Waals surface area contributed by atoms with Crippen LogP contribution in [0.5, 0.6) is 0 Å². The summed E-state index contributed by atoms with van der Waals surface area (Å²) in [6, 6.07) is 12.4. The zero-order valence-electron chi connectivity index (χ0n) is 11.2. The van der Waals surface area contributed by atoms with Gasteiger partial charge in [0, 0.05) is 5.69 Å². The van der Waals surface area contributed by atoms with E-state index in [-0.39, 0.29) is 24.6 Å². The van der Waals surface area contributed by atoms with Gasteiger partial charge in [-0.25, -0.2) is 4.39 Å². The van der Waals surface area contributed by atoms with Gasteiger partial charge in [-0.05, 0) is 35.4 Å². The molecule has 0 fully saturated rings. The van der Waals surface area contributed by atoms with Crippen molar-refractivity contribution < 1.29 is 19.1 Å². The molecule has 2 aromatic carbocycles. The number of hydrogen-bond acceptors (Lipinski definition) is 2. The Balaban J connectivity index is 1.95. The van der Waals surface area contributed by atoms with Crippen LogP contribution in [0.25, 0.3) is 0 Å². The molecule has 0 heterocycles. The second kappa shape index (κ2) is 6.65. The third kappa shape index (κ3) is 4.72. The first kappa shape index (κ1) is 14.7. The van der Waals surface area contributed by atoms with Crippen LogP contribution in [0.4, 0.5) is 10.1 Å². The summed E-state index contributed by atoms with van der Waals surface area (Å²) in [5, 5.41) is 11.3. The van der Waals surface area contributed by atoms with Gasteiger partial charge in [-0.1, -0.05) is 24.3 Å². The number of aliphatic carboxylic acids is 1. The molecule has 108 valence electrons. The number of carboxylic acid groups (broad SMARTS) is 1. The highest BCUT2D eigenvalue weighted by Crippen LogP contribution is 2.11. The van der Waals surface area contributed by atoms with Gasteiger partial charge in [0.2, 0.25) is 5.91 Å². The quantitative estimate of drug-likeness (QED) is 0.888. The zero-order valence-corrected chi connectivity index (χ0v) is 11.2. The summed E-state index contributed by atoms with van der Waals surface area (Å²) in [7, 11) is 0. The normalized spacial score (nSPS) is 10.1. The van der Waals surface area contributed by atoms with Crippen molar-refractivity contribution >= 4 is 17.6 Å². The van der Waals surface area contributed by atoms with Crippen molar-refractivity contribution in [2.45, 2.75) is 12.8 Å². The third-order valence-electron chi connectivity index (χ3n) is 2.85. The second-order valence-corrected chi connectivity index (χ2v) is 4.62. The average molecular weight is 287 g/mol. The van der Waals surface area contributed by atoms with Gasteiger partial charge < -0.3 is 10.4 Å². The van der Waals surface area contributed by atoms with E-state index < -0.39 is 5.97 Å². The molecule has 0 spiro atoms. The fraction of sp³-hybridized carbons (Fsp3) is 0.125. The van der Waals surface area contributed by atoms with E-state index in [0.717, 1.165) is 0 Å². The van der Waals surface area contributed by atoms with Crippen molar-refractivity contribution in [2.75, 3.05) is 5.32 Å². The molecule has 2 aromatic rings. The van der Waals surface area contributed by atoms with Crippen LogP contribution in [0.1, 0.15) is 11.1 Å². The van der Waals surface area contributed by atoms with Gasteiger partial charge in [-0.2, -0.15) is 0 Å². The fourth-order valence-corrected chi connectivity index (χ4v) is 1.92. The molecular weight excluding hydrogens is 273 g/mol. The zero-order chi connectivity index (χ0) is 15.2. The summed E-state index contributed by atoms with van der Waals surface area (Å²) in [4.78, 5) is 22.4. The Morgan fingerprint density at radius 1 is 1.00 bits per heavy atom. The van der Waals surface area contributed by atoms with Crippen LogP contribution in [-0.2, 0) is 22.4 Å². The number of anilines is 1. The van der Waals surface area contributed by atoms with Crippen molar-refractivity contribution in [3.63, 3.8) is 0 Å². The lowest BCUT2D eigenvalue weighted by atomic mass is 10.1. The molecule has 0 bridgehead atoms. The van der Waals surface area contributed by atoms with Crippen LogP contribution in [0.2, 0.25) is 0 Å². The molecule has 0 aliphatic rings. The minimum atomic E-state index is -0.905. The van der Waals surface area contributed by atoms with E-state index >= 15 is 0 Å². The molecule has 1 amide bonds. The molecule has 0 aliphatic heterocycles. The average Bonchev–Trinajstić information content (AvgIpc) is 2.40. The number of carbonyl (C=O) groups excluding carboxylic acids is 1. The predicted molar refractivity (Wildman–Crippen MR) is 76.5 cm³/mol. The molecule has 0 radical (unpaired) electrons. The second-order valence-electron chi connectivity index (χ2n) is 4.62. The lowest BCUT2D eigenvalue weighted by Crippen LogP contribution is -2.14. The van der Waals surface area contributed by atoms with Crippen molar-refractivity contribution in [1.82, 2.24) is 0 Å². The predicted octanol–water partition coefficient (Wildman–Crippen LogP) is 2.63. The molecule has 0 saturated heterocycles. The molecule has 0 aromatic heterocycles. The molecule has 0 unspecified atom stereocenters. The van der Waals surface area contributed by atoms with Crippen LogP contribution < -0.4 is 5.32 Å². The summed E-state index contributed by atoms with van der Waals surface area (Å²) in [6.45, 7) is 0. The van der Waals surface area contributed by atoms with Gasteiger partial charge >= 0.3 is 5.97 Å². The first-order valence-electron chi connectivity index (χ1n) is 6.38. The third-order valence-corrected chi connectivity index (χ3v) is 2.85. The summed E-state index contributed by atoms with van der Waals surface area (Å²) >= 11 is 0. The summed E-state index contributed by atoms with van der Waals surface area (Å²) in [5.41, 5.74) is 1.83. The molecule has 2 N–H and O–H groups in total. The summed E-state index contributed by atoms with van der Waals surface area (Å²) in [5.74, 6) is -1.54. The number of nitrogens with one attached hydrogen (secondary N) is 1. The fourth-order valence-electron chi connectivity index (χ4n) is 1.92. The molecule has 2 rings (SSSR count). The summed E-state index contributed by atoms with van der Waals surface area (Å²) in [6.07, 6.45) is 0.0200. The Hall–Kier alpha value is -2.69. The van der Waals surface area contributed by atoms with Crippen LogP contribution in [-0.4, -0.2) is 17.0 Å². The number of halogens is 1. The van der Waals surface area contributed by atoms with Crippen LogP contribution in [0.3, 0.4) is 0 Å². The smallest absolute Gasteiger partial charge is 0.307 e. The van der Waals surface area contributed by atoms with E-state index in [0.29, 0.717) is 16.8 Å². The number of hydrogen-bond donors (Lipinski definition) is 2. The largest absolute Gasteiger partial charge is 0.481 e. The molecule has 0 atom stereocenters. The molecule has 0 aliphatic carbocycles. The number of benzene rings is 2. The van der Waals surface area contributed by atoms with Gasteiger partial charge in [0.25, 0.3) is 0 Å². The van der Waals surface area contributed by atoms with Crippen molar-refractivity contribution in [3.8, 4) is 0 Å². The van der Waals surface area contributed by atoms with E-state index in [1.807, 2.05) is 0 Å². The lowest BCUT2D eigenvalue weighted by Gasteiger charge is -2.06. The Morgan fingerprint density at radius 3 is 2.33 bits per heavy atom. The van der Waals surface area contributed by atoms with E-state index in [9.17, 15) is 14.0 Å². The van der Waals surface area contributed by atoms with Crippen molar-refractivity contribution in [2.24, 2.45) is 0 Å². The van der Waals surface area contributed by atoms with Gasteiger partial charge in [-0.3, -0.25) is 9.59 Å². The maximum atomic E-state index is 13.0. The number of carboxylic acids is 1. The summed E-state index contributed by atoms with van der Waals surface area (Å²) < 4.78 is 13.0. The number of rotatable bonds is 5. The number of amides is 1. The van der Waals surface area contributed by atoms with E-state index in [1.165, 1.54) is 12.1 Å². The Labute approximate surface area is 121 Å². The van der Waals surface area contributed by atoms with Crippen LogP contribution in [0, 0.1) is 5.82 Å².